The van der Waals surface area contributed by atoms with Crippen molar-refractivity contribution in [1.29, 1.82) is 0 Å². The number of rotatable bonds is 7. The van der Waals surface area contributed by atoms with Crippen molar-refractivity contribution >= 4 is 19.6 Å². The van der Waals surface area contributed by atoms with Crippen molar-refractivity contribution in [2.45, 2.75) is 19.9 Å². The molecule has 18 heavy (non-hydrogen) atoms. The van der Waals surface area contributed by atoms with Gasteiger partial charge in [-0.2, -0.15) is 0 Å². The lowest BCUT2D eigenvalue weighted by atomic mass is 10.1. The molecule has 0 radical (unpaired) electrons. The van der Waals surface area contributed by atoms with Crippen LogP contribution in [0.25, 0.3) is 0 Å². The minimum atomic E-state index is -1.09. The summed E-state index contributed by atoms with van der Waals surface area (Å²) >= 11 is 0. The number of hydrogen-bond acceptors (Lipinski definition) is 4. The van der Waals surface area contributed by atoms with Gasteiger partial charge in [-0.1, -0.05) is 12.1 Å². The quantitative estimate of drug-likeness (QED) is 0.739. The summed E-state index contributed by atoms with van der Waals surface area (Å²) in [5, 5.41) is 9.72. The molecule has 0 fully saturated rings. The number of hydrogen-bond donors (Lipinski definition) is 2. The Hall–Kier alpha value is -1.00. The Morgan fingerprint density at radius 1 is 1.28 bits per heavy atom. The van der Waals surface area contributed by atoms with Crippen molar-refractivity contribution < 1.29 is 18.9 Å². The maximum Gasteiger partial charge on any atom is 0.325 e. The summed E-state index contributed by atoms with van der Waals surface area (Å²) in [6.45, 7) is 4.95. The van der Waals surface area contributed by atoms with Crippen LogP contribution < -0.4 is 11.0 Å². The van der Waals surface area contributed by atoms with Gasteiger partial charge in [0.05, 0.1) is 13.2 Å². The van der Waals surface area contributed by atoms with Crippen LogP contribution >= 0.6 is 8.38 Å². The van der Waals surface area contributed by atoms with E-state index in [1.165, 1.54) is 0 Å². The number of carbonyl (C=O) groups is 1. The summed E-state index contributed by atoms with van der Waals surface area (Å²) in [5.74, 6) is -1.04. The normalized spacial score (nSPS) is 12.7. The minimum absolute atomic E-state index is 0.564. The van der Waals surface area contributed by atoms with E-state index in [9.17, 15) is 4.79 Å². The van der Waals surface area contributed by atoms with E-state index >= 15 is 0 Å². The van der Waals surface area contributed by atoms with E-state index in [1.54, 1.807) is 24.3 Å². The second-order valence-electron chi connectivity index (χ2n) is 3.50. The standard InChI is InChI=1S/C12H18NO4P/c1-3-16-18(17-4-2)10-7-5-9(6-8-10)11(13)12(14)15/h5-8,11H,3-4,13H2,1-2H3,(H,14,15). The fraction of sp³-hybridized carbons (Fsp3) is 0.417. The molecule has 0 saturated carbocycles. The van der Waals surface area contributed by atoms with E-state index in [0.717, 1.165) is 5.30 Å². The average Bonchev–Trinajstić information content (AvgIpc) is 2.38. The summed E-state index contributed by atoms with van der Waals surface area (Å²) in [6.07, 6.45) is 0. The third kappa shape index (κ3) is 4.03. The highest BCUT2D eigenvalue weighted by Crippen LogP contribution is 2.36. The zero-order valence-electron chi connectivity index (χ0n) is 10.5. The molecule has 1 aromatic carbocycles. The molecule has 3 N–H and O–H groups in total. The van der Waals surface area contributed by atoms with Gasteiger partial charge in [0.1, 0.15) is 6.04 Å². The number of benzene rings is 1. The molecule has 100 valence electrons. The summed E-state index contributed by atoms with van der Waals surface area (Å²) in [4.78, 5) is 10.8. The van der Waals surface area contributed by atoms with Crippen LogP contribution in [0, 0.1) is 0 Å². The Kier molecular flexibility index (Phi) is 6.22. The van der Waals surface area contributed by atoms with Crippen molar-refractivity contribution in [3.05, 3.63) is 29.8 Å². The first-order valence-corrected chi connectivity index (χ1v) is 6.92. The van der Waals surface area contributed by atoms with Gasteiger partial charge in [0.25, 0.3) is 0 Å². The SMILES string of the molecule is CCOP(OCC)c1ccc(C(N)C(=O)O)cc1. The predicted octanol–water partition coefficient (Wildman–Crippen LogP) is 1.78. The number of carboxylic acid groups (broad SMARTS) is 1. The number of nitrogens with two attached hydrogens (primary N) is 1. The summed E-state index contributed by atoms with van der Waals surface area (Å²) in [7, 11) is -1.09. The predicted molar refractivity (Wildman–Crippen MR) is 70.8 cm³/mol. The third-order valence-electron chi connectivity index (χ3n) is 2.22. The van der Waals surface area contributed by atoms with Gasteiger partial charge in [0.2, 0.25) is 8.38 Å². The number of aliphatic carboxylic acids is 1. The highest BCUT2D eigenvalue weighted by molar-refractivity contribution is 7.56. The largest absolute Gasteiger partial charge is 0.480 e. The molecule has 0 aliphatic heterocycles. The summed E-state index contributed by atoms with van der Waals surface area (Å²) < 4.78 is 11.0. The van der Waals surface area contributed by atoms with Crippen LogP contribution in [-0.2, 0) is 13.8 Å². The van der Waals surface area contributed by atoms with Crippen LogP contribution in [0.1, 0.15) is 25.5 Å². The van der Waals surface area contributed by atoms with Crippen molar-refractivity contribution in [2.24, 2.45) is 5.73 Å². The maximum absolute atomic E-state index is 10.8. The van der Waals surface area contributed by atoms with Gasteiger partial charge in [0.15, 0.2) is 0 Å². The molecule has 0 amide bonds. The molecule has 5 nitrogen and oxygen atoms in total. The first-order chi connectivity index (χ1) is 8.60. The van der Waals surface area contributed by atoms with Crippen LogP contribution in [-0.4, -0.2) is 24.3 Å². The molecule has 1 rings (SSSR count). The van der Waals surface area contributed by atoms with E-state index < -0.39 is 20.4 Å². The lowest BCUT2D eigenvalue weighted by molar-refractivity contribution is -0.138. The molecule has 0 heterocycles. The zero-order valence-corrected chi connectivity index (χ0v) is 11.4. The lowest BCUT2D eigenvalue weighted by Gasteiger charge is -2.16. The second kappa shape index (κ2) is 7.44. The van der Waals surface area contributed by atoms with E-state index in [4.69, 9.17) is 19.9 Å². The van der Waals surface area contributed by atoms with Gasteiger partial charge in [0, 0.05) is 5.30 Å². The van der Waals surface area contributed by atoms with Gasteiger partial charge in [-0.3, -0.25) is 4.79 Å². The van der Waals surface area contributed by atoms with Gasteiger partial charge in [-0.15, -0.1) is 0 Å². The lowest BCUT2D eigenvalue weighted by Crippen LogP contribution is -2.21. The molecular formula is C12H18NO4P. The van der Waals surface area contributed by atoms with Crippen LogP contribution in [0.3, 0.4) is 0 Å². The van der Waals surface area contributed by atoms with Crippen LogP contribution in [0.4, 0.5) is 0 Å². The fourth-order valence-electron chi connectivity index (χ4n) is 1.37. The molecule has 0 saturated heterocycles. The highest BCUT2D eigenvalue weighted by Gasteiger charge is 2.16. The van der Waals surface area contributed by atoms with Crippen molar-refractivity contribution in [3.8, 4) is 0 Å². The Morgan fingerprint density at radius 3 is 2.17 bits per heavy atom. The topological polar surface area (TPSA) is 81.8 Å². The number of carboxylic acids is 1. The minimum Gasteiger partial charge on any atom is -0.480 e. The van der Waals surface area contributed by atoms with Crippen LogP contribution in [0.2, 0.25) is 0 Å². The van der Waals surface area contributed by atoms with Gasteiger partial charge >= 0.3 is 5.97 Å². The monoisotopic (exact) mass is 271 g/mol. The molecule has 1 atom stereocenters. The molecule has 1 unspecified atom stereocenters. The smallest absolute Gasteiger partial charge is 0.325 e. The summed E-state index contributed by atoms with van der Waals surface area (Å²) in [6, 6.07) is 6.00. The molecule has 0 aromatic heterocycles. The van der Waals surface area contributed by atoms with Crippen molar-refractivity contribution in [1.82, 2.24) is 0 Å². The Labute approximate surface area is 108 Å². The Bertz CT molecular complexity index is 376. The molecular weight excluding hydrogens is 253 g/mol. The van der Waals surface area contributed by atoms with Gasteiger partial charge < -0.3 is 19.9 Å². The first kappa shape index (κ1) is 15.1. The first-order valence-electron chi connectivity index (χ1n) is 5.74. The van der Waals surface area contributed by atoms with Crippen molar-refractivity contribution in [3.63, 3.8) is 0 Å². The highest BCUT2D eigenvalue weighted by atomic mass is 31.2. The van der Waals surface area contributed by atoms with E-state index in [-0.39, 0.29) is 0 Å². The molecule has 0 spiro atoms. The van der Waals surface area contributed by atoms with Crippen LogP contribution in [0.15, 0.2) is 24.3 Å². The molecule has 0 aliphatic carbocycles. The molecule has 0 bridgehead atoms. The second-order valence-corrected chi connectivity index (χ2v) is 5.05. The molecule has 0 aliphatic rings. The Morgan fingerprint density at radius 2 is 1.78 bits per heavy atom. The van der Waals surface area contributed by atoms with Crippen molar-refractivity contribution in [2.75, 3.05) is 13.2 Å². The molecule has 6 heteroatoms. The van der Waals surface area contributed by atoms with E-state index in [0.29, 0.717) is 18.8 Å². The van der Waals surface area contributed by atoms with Crippen LogP contribution in [0.5, 0.6) is 0 Å². The van der Waals surface area contributed by atoms with Gasteiger partial charge in [-0.05, 0) is 31.5 Å². The fourth-order valence-corrected chi connectivity index (χ4v) is 2.60. The average molecular weight is 271 g/mol. The Balaban J connectivity index is 2.82. The summed E-state index contributed by atoms with van der Waals surface area (Å²) in [5.41, 5.74) is 6.09. The maximum atomic E-state index is 10.8. The third-order valence-corrected chi connectivity index (χ3v) is 3.93. The van der Waals surface area contributed by atoms with E-state index in [1.807, 2.05) is 13.8 Å². The molecule has 1 aromatic rings. The van der Waals surface area contributed by atoms with E-state index in [2.05, 4.69) is 0 Å². The van der Waals surface area contributed by atoms with Gasteiger partial charge in [-0.25, -0.2) is 0 Å². The zero-order chi connectivity index (χ0) is 13.5.